The molecule has 0 aliphatic heterocycles. The van der Waals surface area contributed by atoms with Crippen LogP contribution in [0, 0.1) is 0 Å². The van der Waals surface area contributed by atoms with E-state index >= 15 is 0 Å². The van der Waals surface area contributed by atoms with Crippen molar-refractivity contribution < 1.29 is 0 Å². The fourth-order valence-electron chi connectivity index (χ4n) is 2.37. The first kappa shape index (κ1) is 12.8. The smallest absolute Gasteiger partial charge is 0.0314 e. The number of nitrogens with zero attached hydrogens (tertiary/aromatic N) is 1. The highest BCUT2D eigenvalue weighted by Crippen LogP contribution is 2.48. The minimum atomic E-state index is 0.418. The van der Waals surface area contributed by atoms with E-state index in [0.717, 1.165) is 5.69 Å². The molecule has 94 valence electrons. The highest BCUT2D eigenvalue weighted by Gasteiger charge is 2.44. The highest BCUT2D eigenvalue weighted by molar-refractivity contribution is 7.98. The van der Waals surface area contributed by atoms with Gasteiger partial charge in [0.1, 0.15) is 0 Å². The first-order chi connectivity index (χ1) is 8.16. The minimum Gasteiger partial charge on any atom is -0.399 e. The van der Waals surface area contributed by atoms with Gasteiger partial charge in [-0.15, -0.1) is 0 Å². The summed E-state index contributed by atoms with van der Waals surface area (Å²) >= 11 is 1.92. The first-order valence-electron chi connectivity index (χ1n) is 6.20. The molecule has 0 heterocycles. The van der Waals surface area contributed by atoms with Crippen LogP contribution in [0.15, 0.2) is 24.3 Å². The van der Waals surface area contributed by atoms with Crippen LogP contribution < -0.4 is 5.73 Å². The molecule has 0 radical (unpaired) electrons. The summed E-state index contributed by atoms with van der Waals surface area (Å²) in [6.07, 6.45) is 4.81. The largest absolute Gasteiger partial charge is 0.399 e. The number of benzene rings is 1. The topological polar surface area (TPSA) is 29.3 Å². The van der Waals surface area contributed by atoms with Crippen molar-refractivity contribution in [1.29, 1.82) is 0 Å². The van der Waals surface area contributed by atoms with E-state index in [1.807, 2.05) is 23.9 Å². The summed E-state index contributed by atoms with van der Waals surface area (Å²) in [5, 5.41) is 0. The number of nitrogen functional groups attached to an aromatic ring is 1. The molecule has 0 saturated heterocycles. The molecule has 1 aliphatic rings. The van der Waals surface area contributed by atoms with Gasteiger partial charge in [0.25, 0.3) is 0 Å². The number of hydrogen-bond acceptors (Lipinski definition) is 3. The van der Waals surface area contributed by atoms with Crippen LogP contribution in [0.3, 0.4) is 0 Å². The van der Waals surface area contributed by atoms with Gasteiger partial charge in [0.05, 0.1) is 0 Å². The third kappa shape index (κ3) is 3.17. The lowest BCUT2D eigenvalue weighted by Crippen LogP contribution is -2.31. The first-order valence-corrected chi connectivity index (χ1v) is 7.59. The predicted octanol–water partition coefficient (Wildman–Crippen LogP) is 2.60. The molecule has 17 heavy (non-hydrogen) atoms. The van der Waals surface area contributed by atoms with E-state index in [4.69, 9.17) is 5.73 Å². The van der Waals surface area contributed by atoms with Gasteiger partial charge in [0.2, 0.25) is 0 Å². The van der Waals surface area contributed by atoms with Crippen LogP contribution in [0.5, 0.6) is 0 Å². The van der Waals surface area contributed by atoms with E-state index < -0.39 is 0 Å². The van der Waals surface area contributed by atoms with Gasteiger partial charge in [-0.05, 0) is 43.8 Å². The minimum absolute atomic E-state index is 0.418. The number of hydrogen-bond donors (Lipinski definition) is 1. The molecule has 2 nitrogen and oxygen atoms in total. The van der Waals surface area contributed by atoms with Crippen LogP contribution in [0.25, 0.3) is 0 Å². The number of anilines is 1. The lowest BCUT2D eigenvalue weighted by atomic mass is 9.95. The maximum atomic E-state index is 5.74. The van der Waals surface area contributed by atoms with Gasteiger partial charge in [-0.2, -0.15) is 11.8 Å². The Bertz CT molecular complexity index is 357. The summed E-state index contributed by atoms with van der Waals surface area (Å²) in [5.74, 6) is 1.22. The van der Waals surface area contributed by atoms with Crippen LogP contribution in [-0.2, 0) is 5.41 Å². The summed E-state index contributed by atoms with van der Waals surface area (Å²) in [4.78, 5) is 2.46. The molecule has 0 atom stereocenters. The molecule has 0 spiro atoms. The molecule has 1 aromatic rings. The second-order valence-electron chi connectivity index (χ2n) is 5.13. The standard InChI is InChI=1S/C14H22N2S/c1-16(9-10-17-2)11-14(7-8-14)12-3-5-13(15)6-4-12/h3-6H,7-11,15H2,1-2H3. The maximum absolute atomic E-state index is 5.74. The van der Waals surface area contributed by atoms with E-state index in [-0.39, 0.29) is 0 Å². The highest BCUT2D eigenvalue weighted by atomic mass is 32.2. The summed E-state index contributed by atoms with van der Waals surface area (Å²) in [6.45, 7) is 2.36. The van der Waals surface area contributed by atoms with E-state index in [9.17, 15) is 0 Å². The predicted molar refractivity (Wildman–Crippen MR) is 77.6 cm³/mol. The number of likely N-dealkylation sites (N-methyl/N-ethyl adjacent to an activating group) is 1. The molecular weight excluding hydrogens is 228 g/mol. The van der Waals surface area contributed by atoms with Gasteiger partial charge >= 0.3 is 0 Å². The van der Waals surface area contributed by atoms with Crippen molar-refractivity contribution in [3.8, 4) is 0 Å². The zero-order valence-electron chi connectivity index (χ0n) is 10.8. The third-order valence-corrected chi connectivity index (χ3v) is 4.22. The summed E-state index contributed by atoms with van der Waals surface area (Å²) in [7, 11) is 2.23. The quantitative estimate of drug-likeness (QED) is 0.787. The second kappa shape index (κ2) is 5.32. The van der Waals surface area contributed by atoms with Crippen LogP contribution in [0.1, 0.15) is 18.4 Å². The zero-order chi connectivity index (χ0) is 12.3. The van der Waals surface area contributed by atoms with Crippen molar-refractivity contribution in [3.05, 3.63) is 29.8 Å². The van der Waals surface area contributed by atoms with E-state index in [0.29, 0.717) is 5.41 Å². The van der Waals surface area contributed by atoms with Gasteiger partial charge < -0.3 is 10.6 Å². The Balaban J connectivity index is 1.97. The van der Waals surface area contributed by atoms with Crippen LogP contribution in [0.2, 0.25) is 0 Å². The summed E-state index contributed by atoms with van der Waals surface area (Å²) in [6, 6.07) is 8.45. The van der Waals surface area contributed by atoms with Crippen molar-refractivity contribution in [2.45, 2.75) is 18.3 Å². The molecule has 1 saturated carbocycles. The van der Waals surface area contributed by atoms with Crippen molar-refractivity contribution >= 4 is 17.4 Å². The molecule has 1 fully saturated rings. The molecule has 3 heteroatoms. The molecular formula is C14H22N2S. The Morgan fingerprint density at radius 3 is 2.47 bits per heavy atom. The Morgan fingerprint density at radius 1 is 1.29 bits per heavy atom. The van der Waals surface area contributed by atoms with Gasteiger partial charge in [0.15, 0.2) is 0 Å². The Morgan fingerprint density at radius 2 is 1.94 bits per heavy atom. The Hall–Kier alpha value is -0.670. The zero-order valence-corrected chi connectivity index (χ0v) is 11.6. The number of thioether (sulfide) groups is 1. The molecule has 0 unspecified atom stereocenters. The normalized spacial score (nSPS) is 17.4. The summed E-state index contributed by atoms with van der Waals surface area (Å²) < 4.78 is 0. The van der Waals surface area contributed by atoms with Gasteiger partial charge in [0, 0.05) is 29.9 Å². The van der Waals surface area contributed by atoms with Crippen LogP contribution in [-0.4, -0.2) is 37.0 Å². The lowest BCUT2D eigenvalue weighted by Gasteiger charge is -2.24. The average molecular weight is 250 g/mol. The van der Waals surface area contributed by atoms with Gasteiger partial charge in [-0.25, -0.2) is 0 Å². The fourth-order valence-corrected chi connectivity index (χ4v) is 2.86. The monoisotopic (exact) mass is 250 g/mol. The Labute approximate surface area is 109 Å². The van der Waals surface area contributed by atoms with E-state index in [1.165, 1.54) is 37.2 Å². The Kier molecular flexibility index (Phi) is 4.00. The SMILES string of the molecule is CSCCN(C)CC1(c2ccc(N)cc2)CC1. The molecule has 2 rings (SSSR count). The number of nitrogens with two attached hydrogens (primary N) is 1. The van der Waals surface area contributed by atoms with Crippen molar-refractivity contribution in [1.82, 2.24) is 4.90 Å². The fraction of sp³-hybridized carbons (Fsp3) is 0.571. The lowest BCUT2D eigenvalue weighted by molar-refractivity contribution is 0.319. The molecule has 2 N–H and O–H groups in total. The summed E-state index contributed by atoms with van der Waals surface area (Å²) in [5.41, 5.74) is 8.48. The van der Waals surface area contributed by atoms with Crippen molar-refractivity contribution in [2.24, 2.45) is 0 Å². The van der Waals surface area contributed by atoms with Crippen LogP contribution >= 0.6 is 11.8 Å². The van der Waals surface area contributed by atoms with Crippen molar-refractivity contribution in [2.75, 3.05) is 37.9 Å². The van der Waals surface area contributed by atoms with Crippen LogP contribution in [0.4, 0.5) is 5.69 Å². The van der Waals surface area contributed by atoms with E-state index in [1.54, 1.807) is 0 Å². The second-order valence-corrected chi connectivity index (χ2v) is 6.12. The number of rotatable bonds is 6. The van der Waals surface area contributed by atoms with Crippen molar-refractivity contribution in [3.63, 3.8) is 0 Å². The maximum Gasteiger partial charge on any atom is 0.0314 e. The molecule has 0 amide bonds. The van der Waals surface area contributed by atoms with Gasteiger partial charge in [-0.3, -0.25) is 0 Å². The molecule has 1 aromatic carbocycles. The molecule has 0 bridgehead atoms. The van der Waals surface area contributed by atoms with E-state index in [2.05, 4.69) is 30.3 Å². The molecule has 0 aromatic heterocycles. The third-order valence-electron chi connectivity index (χ3n) is 3.63. The van der Waals surface area contributed by atoms with Gasteiger partial charge in [-0.1, -0.05) is 12.1 Å². The molecule has 1 aliphatic carbocycles. The average Bonchev–Trinajstić information content (AvgIpc) is 3.08.